The number of carbonyl (C=O) groups excluding carboxylic acids is 1. The number of nitrogens with zero attached hydrogens (tertiary/aromatic N) is 19. The first kappa shape index (κ1) is 99.8. The molecule has 0 spiro atoms. The normalized spacial score (nSPS) is 14.0. The van der Waals surface area contributed by atoms with Crippen LogP contribution in [0.15, 0.2) is 316 Å². The number of halogens is 1. The zero-order valence-corrected chi connectivity index (χ0v) is 85.6. The van der Waals surface area contributed by atoms with Gasteiger partial charge in [-0.3, -0.25) is 4.79 Å². The van der Waals surface area contributed by atoms with E-state index in [1.807, 2.05) is 214 Å². The number of nitrogens with one attached hydrogen (secondary N) is 6. The van der Waals surface area contributed by atoms with Crippen molar-refractivity contribution in [2.45, 2.75) is 112 Å². The van der Waals surface area contributed by atoms with Gasteiger partial charge in [0.05, 0.1) is 69.1 Å². The number of benzene rings is 8. The number of morpholine rings is 2. The molecule has 0 radical (unpaired) electrons. The van der Waals surface area contributed by atoms with Crippen LogP contribution in [0.3, 0.4) is 0 Å². The monoisotopic (exact) mass is 1990 g/mol. The fraction of sp³-hybridized carbons (Fsp3) is 0.239. The average Bonchev–Trinajstić information content (AvgIpc) is 1.65. The second-order valence-corrected chi connectivity index (χ2v) is 38.2. The van der Waals surface area contributed by atoms with Crippen LogP contribution >= 0.6 is 11.6 Å². The Bertz CT molecular complexity index is 7770. The van der Waals surface area contributed by atoms with Gasteiger partial charge in [0.1, 0.15) is 11.6 Å². The Hall–Kier alpha value is -17.0. The van der Waals surface area contributed by atoms with Gasteiger partial charge in [0.2, 0.25) is 29.7 Å². The van der Waals surface area contributed by atoms with Gasteiger partial charge in [0, 0.05) is 111 Å². The number of fused-ring (bicyclic) bond motifs is 5. The van der Waals surface area contributed by atoms with Gasteiger partial charge in [-0.1, -0.05) is 169 Å². The number of aromatic nitrogens is 17. The molecule has 0 unspecified atom stereocenters. The topological polar surface area (TPSA) is 309 Å². The molecule has 30 nitrogen and oxygen atoms in total. The molecule has 31 heteroatoms. The third-order valence-electron chi connectivity index (χ3n) is 26.2. The highest BCUT2D eigenvalue weighted by Gasteiger charge is 2.24. The zero-order valence-electron chi connectivity index (χ0n) is 84.8. The van der Waals surface area contributed by atoms with Crippen molar-refractivity contribution >= 4 is 116 Å². The minimum Gasteiger partial charge on any atom is -0.493 e. The summed E-state index contributed by atoms with van der Waals surface area (Å²) in [5.74, 6) is 7.74. The Balaban J connectivity index is 0.000000117. The minimum absolute atomic E-state index is 0.0156. The molecule has 3 aliphatic rings. The fourth-order valence-corrected chi connectivity index (χ4v) is 18.2. The number of ether oxygens (including phenoxy) is 4. The van der Waals surface area contributed by atoms with Crippen LogP contribution in [-0.2, 0) is 9.47 Å². The predicted molar refractivity (Wildman–Crippen MR) is 591 cm³/mol. The van der Waals surface area contributed by atoms with E-state index in [0.717, 1.165) is 196 Å². The van der Waals surface area contributed by atoms with Crippen LogP contribution in [0, 0.1) is 19.8 Å². The van der Waals surface area contributed by atoms with Crippen molar-refractivity contribution in [3.8, 4) is 67.8 Å². The van der Waals surface area contributed by atoms with E-state index in [9.17, 15) is 4.79 Å². The van der Waals surface area contributed by atoms with Crippen molar-refractivity contribution in [1.29, 1.82) is 0 Å². The SMILES string of the molecule is CC(C)c1ccc(-c2cccc3nc(Nc4ccc(N5CCOCC5)cc4)nn23)cc1.CC1CCC(NC(=O)c2ccc(Nc3nc4cccc(-c5cccc(Cl)c5)n4n3)cc2)CC1.COc1ccc(-c2cccc3nc(Nc4ccc(N5CCOCC5)cc4)nn23)cc1OC.Cc1cccc(Nc2nc3cccc(-c4cccc(C(C)C)c4)n3n2)n1.Cc1ccnc(Nc2nc3cccc(-c4cccc(C(C)C)c4)n3n2)c1. The van der Waals surface area contributed by atoms with E-state index >= 15 is 0 Å². The maximum Gasteiger partial charge on any atom is 0.251 e. The predicted octanol–water partition coefficient (Wildman–Crippen LogP) is 25.1. The van der Waals surface area contributed by atoms with E-state index in [1.54, 1.807) is 24.9 Å². The number of anilines is 12. The van der Waals surface area contributed by atoms with Crippen molar-refractivity contribution in [1.82, 2.24) is 88.3 Å². The van der Waals surface area contributed by atoms with Crippen LogP contribution in [-0.4, -0.2) is 162 Å². The maximum absolute atomic E-state index is 12.6. The van der Waals surface area contributed by atoms with E-state index < -0.39 is 0 Å². The number of methoxy groups -OCH3 is 2. The summed E-state index contributed by atoms with van der Waals surface area (Å²) < 4.78 is 30.9. The molecule has 3 fully saturated rings. The summed E-state index contributed by atoms with van der Waals surface area (Å²) in [6, 6.07) is 103. The van der Waals surface area contributed by atoms with E-state index in [1.165, 1.54) is 40.9 Å². The highest BCUT2D eigenvalue weighted by Crippen LogP contribution is 2.37. The lowest BCUT2D eigenvalue weighted by Crippen LogP contribution is -2.37. The second kappa shape index (κ2) is 46.4. The summed E-state index contributed by atoms with van der Waals surface area (Å²) in [5.41, 5.74) is 25.9. The van der Waals surface area contributed by atoms with Gasteiger partial charge in [-0.15, -0.1) is 25.5 Å². The van der Waals surface area contributed by atoms with E-state index in [0.29, 0.717) is 69.6 Å². The van der Waals surface area contributed by atoms with Crippen molar-refractivity contribution < 1.29 is 23.7 Å². The van der Waals surface area contributed by atoms with Crippen LogP contribution in [0.4, 0.5) is 69.8 Å². The fourth-order valence-electron chi connectivity index (χ4n) is 18.0. The van der Waals surface area contributed by atoms with Gasteiger partial charge < -0.3 is 60.6 Å². The number of pyridine rings is 7. The van der Waals surface area contributed by atoms with Crippen molar-refractivity contribution in [2.75, 3.05) is 103 Å². The number of hydrogen-bond donors (Lipinski definition) is 6. The minimum atomic E-state index is -0.0156. The highest BCUT2D eigenvalue weighted by molar-refractivity contribution is 6.30. The van der Waals surface area contributed by atoms with E-state index in [2.05, 4.69) is 268 Å². The molecule has 148 heavy (non-hydrogen) atoms. The third kappa shape index (κ3) is 24.5. The summed E-state index contributed by atoms with van der Waals surface area (Å²) in [6.45, 7) is 26.3. The molecule has 14 heterocycles. The van der Waals surface area contributed by atoms with E-state index in [4.69, 9.17) is 40.7 Å². The number of hydrogen-bond acceptors (Lipinski definition) is 24. The summed E-state index contributed by atoms with van der Waals surface area (Å²) in [4.78, 5) is 49.1. The van der Waals surface area contributed by atoms with Gasteiger partial charge in [-0.25, -0.2) is 32.5 Å². The largest absolute Gasteiger partial charge is 0.493 e. The third-order valence-corrected chi connectivity index (χ3v) is 26.4. The first-order valence-electron chi connectivity index (χ1n) is 50.2. The van der Waals surface area contributed by atoms with E-state index in [-0.39, 0.29) is 11.9 Å². The lowest BCUT2D eigenvalue weighted by atomic mass is 9.87. The van der Waals surface area contributed by atoms with Crippen molar-refractivity contribution in [3.63, 3.8) is 0 Å². The molecule has 8 aromatic carbocycles. The summed E-state index contributed by atoms with van der Waals surface area (Å²) >= 11 is 6.17. The zero-order chi connectivity index (χ0) is 102. The molecule has 1 amide bonds. The summed E-state index contributed by atoms with van der Waals surface area (Å²) in [7, 11) is 3.26. The quantitative estimate of drug-likeness (QED) is 0.0327. The summed E-state index contributed by atoms with van der Waals surface area (Å²) in [5, 5.41) is 43.4. The van der Waals surface area contributed by atoms with Gasteiger partial charge in [0.25, 0.3) is 5.91 Å². The molecular weight excluding hydrogens is 1870 g/mol. The second-order valence-electron chi connectivity index (χ2n) is 37.8. The molecule has 0 atom stereocenters. The smallest absolute Gasteiger partial charge is 0.251 e. The molecule has 2 aliphatic heterocycles. The number of rotatable bonds is 24. The number of amides is 1. The molecule has 12 aromatic heterocycles. The van der Waals surface area contributed by atoms with Crippen LogP contribution in [0.1, 0.15) is 130 Å². The molecule has 1 saturated carbocycles. The number of carbonyl (C=O) groups is 1. The van der Waals surface area contributed by atoms with Crippen LogP contribution < -0.4 is 51.2 Å². The number of aryl methyl sites for hydroxylation is 2. The lowest BCUT2D eigenvalue weighted by Gasteiger charge is -2.28. The average molecular weight is 1990 g/mol. The van der Waals surface area contributed by atoms with Crippen molar-refractivity contribution in [2.24, 2.45) is 5.92 Å². The molecule has 2 saturated heterocycles. The molecule has 20 aromatic rings. The standard InChI is InChI=1S/C26H26ClN5O.C25H27N5O.C24H25N5O3.2C21H21N5/c1-17-8-12-21(13-9-17)28-25(33)18-10-14-22(15-11-18)29-26-30-24-7-3-6-23(32(24)31-26)19-4-2-5-20(27)16-19;1-18(2)19-6-8-20(9-7-19)23-4-3-5-24-27-25(28-30(23)24)26-21-10-12-22(13-11-21)29-14-16-31-17-15-29;1-30-21-11-6-17(16-22(21)31-2)20-4-3-5-23-26-24(27-29(20)23)25-18-7-9-19(10-8-18)28-12-14-32-15-13-28;1-14(2)16-8-5-9-17(13-16)18-10-6-12-20-24-21(25-26(18)20)23-19-11-4-7-15(3)22-19;1-14(2)16-6-4-7-17(13-16)18-8-5-9-20-24-21(25-26(18)20)23-19-12-15(3)10-11-22-19/h2-7,10-11,14-17,21H,8-9,12-13H2,1H3,(H,28,33)(H,29,31);3-13,18H,14-17H2,1-2H3,(H,26,28);3-11,16H,12-15H2,1-2H3,(H,25,27);2*4-14H,1-3H3,(H,22,23,25). The maximum atomic E-state index is 12.6. The Morgan fingerprint density at radius 2 is 0.736 bits per heavy atom. The molecule has 1 aliphatic carbocycles. The molecule has 750 valence electrons. The first-order valence-corrected chi connectivity index (χ1v) is 50.6. The van der Waals surface area contributed by atoms with Gasteiger partial charge >= 0.3 is 0 Å². The molecule has 0 bridgehead atoms. The lowest BCUT2D eigenvalue weighted by molar-refractivity contribution is 0.0923. The summed E-state index contributed by atoms with van der Waals surface area (Å²) in [6.07, 6.45) is 6.25. The molecular formula is C117H120ClN25O5. The molecule has 23 rings (SSSR count). The Kier molecular flexibility index (Phi) is 31.3. The Morgan fingerprint density at radius 3 is 1.15 bits per heavy atom. The first-order chi connectivity index (χ1) is 72.2. The van der Waals surface area contributed by atoms with Crippen LogP contribution in [0.2, 0.25) is 5.02 Å². The van der Waals surface area contributed by atoms with Gasteiger partial charge in [0.15, 0.2) is 39.7 Å². The van der Waals surface area contributed by atoms with Crippen LogP contribution in [0.25, 0.3) is 84.5 Å². The van der Waals surface area contributed by atoms with Crippen molar-refractivity contribution in [3.05, 3.63) is 354 Å². The Labute approximate surface area is 865 Å². The molecule has 6 N–H and O–H groups in total. The van der Waals surface area contributed by atoms with Gasteiger partial charge in [-0.05, 0) is 286 Å². The Morgan fingerprint density at radius 1 is 0.358 bits per heavy atom. The van der Waals surface area contributed by atoms with Gasteiger partial charge in [-0.2, -0.15) is 24.9 Å². The highest BCUT2D eigenvalue weighted by atomic mass is 35.5. The van der Waals surface area contributed by atoms with Crippen LogP contribution in [0.5, 0.6) is 11.5 Å².